The molecule has 0 saturated heterocycles. The summed E-state index contributed by atoms with van der Waals surface area (Å²) in [6, 6.07) is 7.56. The number of amides is 1. The molecule has 0 aliphatic carbocycles. The Bertz CT molecular complexity index is 782. The summed E-state index contributed by atoms with van der Waals surface area (Å²) < 4.78 is 0.916. The molecule has 1 amide bonds. The van der Waals surface area contributed by atoms with Gasteiger partial charge in [0, 0.05) is 10.9 Å². The van der Waals surface area contributed by atoms with Crippen LogP contribution in [-0.4, -0.2) is 27.0 Å². The summed E-state index contributed by atoms with van der Waals surface area (Å²) >= 11 is 4.77. The number of thioether (sulfide) groups is 1. The molecule has 1 N–H and O–H groups in total. The molecule has 0 atom stereocenters. The number of hydrogen-bond donors (Lipinski definition) is 1. The number of hydrogen-bond acceptors (Lipinski definition) is 4. The van der Waals surface area contributed by atoms with E-state index in [1.807, 2.05) is 24.3 Å². The molecule has 2 aliphatic heterocycles. The topological polar surface area (TPSA) is 68.9 Å². The van der Waals surface area contributed by atoms with Gasteiger partial charge in [0.2, 0.25) is 5.17 Å². The fourth-order valence-electron chi connectivity index (χ4n) is 2.23. The van der Waals surface area contributed by atoms with Crippen LogP contribution in [0.1, 0.15) is 25.8 Å². The first-order valence-corrected chi connectivity index (χ1v) is 8.79. The van der Waals surface area contributed by atoms with Crippen molar-refractivity contribution < 1.29 is 4.79 Å². The first-order valence-electron chi connectivity index (χ1n) is 7.18. The van der Waals surface area contributed by atoms with Crippen molar-refractivity contribution >= 4 is 55.7 Å². The summed E-state index contributed by atoms with van der Waals surface area (Å²) in [4.78, 5) is 16.3. The third-order valence-corrected chi connectivity index (χ3v) is 4.66. The number of rotatable bonds is 3. The van der Waals surface area contributed by atoms with Crippen LogP contribution in [-0.2, 0) is 4.79 Å². The van der Waals surface area contributed by atoms with E-state index in [1.165, 1.54) is 16.8 Å². The number of halogens is 1. The molecule has 1 aromatic rings. The molecule has 23 heavy (non-hydrogen) atoms. The molecule has 2 aliphatic rings. The van der Waals surface area contributed by atoms with Crippen LogP contribution in [0.4, 0.5) is 0 Å². The number of hydrazone groups is 1. The number of nitrogens with zero attached hydrogens (tertiary/aromatic N) is 3. The molecule has 0 radical (unpaired) electrons. The van der Waals surface area contributed by atoms with Crippen molar-refractivity contribution in [2.45, 2.75) is 20.3 Å². The van der Waals surface area contributed by atoms with E-state index in [2.05, 4.69) is 39.9 Å². The van der Waals surface area contributed by atoms with Gasteiger partial charge in [-0.3, -0.25) is 10.2 Å². The van der Waals surface area contributed by atoms with Crippen molar-refractivity contribution in [3.63, 3.8) is 0 Å². The summed E-state index contributed by atoms with van der Waals surface area (Å²) in [6.07, 6.45) is 2.49. The molecule has 1 aromatic carbocycles. The quantitative estimate of drug-likeness (QED) is 0.789. The summed E-state index contributed by atoms with van der Waals surface area (Å²) in [5.41, 5.74) is 1.09. The molecule has 7 heteroatoms. The molecule has 5 nitrogen and oxygen atoms in total. The minimum absolute atomic E-state index is 0.0752. The second-order valence-corrected chi connectivity index (χ2v) is 7.62. The van der Waals surface area contributed by atoms with Gasteiger partial charge in [0.15, 0.2) is 5.84 Å². The Morgan fingerprint density at radius 3 is 2.91 bits per heavy atom. The lowest BCUT2D eigenvalue weighted by Gasteiger charge is -2.20. The highest BCUT2D eigenvalue weighted by molar-refractivity contribution is 9.10. The standard InChI is InChI=1S/C16H15BrN4OS/c1-9(2)6-13-20-21-14(18)12(15(22)19-16(21)23-13)8-10-4-3-5-11(17)7-10/h3-5,7-9,18H,6H2,1-2H3. The maximum atomic E-state index is 12.3. The molecule has 2 heterocycles. The molecule has 118 valence electrons. The smallest absolute Gasteiger partial charge is 0.282 e. The van der Waals surface area contributed by atoms with E-state index in [1.54, 1.807) is 6.08 Å². The third-order valence-electron chi connectivity index (χ3n) is 3.24. The number of fused-ring (bicyclic) bond motifs is 1. The lowest BCUT2D eigenvalue weighted by Crippen LogP contribution is -2.35. The van der Waals surface area contributed by atoms with Gasteiger partial charge in [0.05, 0.1) is 5.57 Å². The zero-order valence-electron chi connectivity index (χ0n) is 12.7. The average molecular weight is 391 g/mol. The van der Waals surface area contributed by atoms with E-state index >= 15 is 0 Å². The summed E-state index contributed by atoms with van der Waals surface area (Å²) in [7, 11) is 0. The Balaban J connectivity index is 1.93. The van der Waals surface area contributed by atoms with Crippen LogP contribution >= 0.6 is 27.7 Å². The second kappa shape index (κ2) is 6.41. The summed E-state index contributed by atoms with van der Waals surface area (Å²) in [5, 5.41) is 15.5. The van der Waals surface area contributed by atoms with Crippen LogP contribution < -0.4 is 0 Å². The molecule has 3 rings (SSSR count). The Kier molecular flexibility index (Phi) is 4.50. The van der Waals surface area contributed by atoms with E-state index in [0.717, 1.165) is 21.5 Å². The average Bonchev–Trinajstić information content (AvgIpc) is 2.85. The first-order chi connectivity index (χ1) is 10.9. The molecule has 0 spiro atoms. The van der Waals surface area contributed by atoms with Crippen molar-refractivity contribution in [1.82, 2.24) is 5.01 Å². The highest BCUT2D eigenvalue weighted by Crippen LogP contribution is 2.30. The molecule has 0 aromatic heterocycles. The predicted octanol–water partition coefficient (Wildman–Crippen LogP) is 4.11. The first kappa shape index (κ1) is 16.1. The van der Waals surface area contributed by atoms with Crippen LogP contribution in [0.15, 0.2) is 44.4 Å². The Hall–Kier alpha value is -1.73. The fraction of sp³-hybridized carbons (Fsp3) is 0.250. The molecular weight excluding hydrogens is 376 g/mol. The van der Waals surface area contributed by atoms with Gasteiger partial charge in [-0.1, -0.05) is 41.9 Å². The molecule has 0 saturated carbocycles. The Morgan fingerprint density at radius 2 is 2.22 bits per heavy atom. The molecular formula is C16H15BrN4OS. The van der Waals surface area contributed by atoms with E-state index in [0.29, 0.717) is 11.1 Å². The van der Waals surface area contributed by atoms with E-state index < -0.39 is 5.91 Å². The van der Waals surface area contributed by atoms with Crippen LogP contribution in [0.5, 0.6) is 0 Å². The lowest BCUT2D eigenvalue weighted by atomic mass is 10.1. The van der Waals surface area contributed by atoms with Gasteiger partial charge in [-0.15, -0.1) is 0 Å². The van der Waals surface area contributed by atoms with E-state index in [-0.39, 0.29) is 11.4 Å². The van der Waals surface area contributed by atoms with Crippen molar-refractivity contribution in [3.8, 4) is 0 Å². The number of aliphatic imine (C=N–C) groups is 1. The summed E-state index contributed by atoms with van der Waals surface area (Å²) in [6.45, 7) is 4.22. The SMILES string of the molecule is CC(C)CC1=NN2C(=N)C(=Cc3cccc(Br)c3)C(=O)N=C2S1. The fourth-order valence-corrected chi connectivity index (χ4v) is 3.74. The maximum Gasteiger partial charge on any atom is 0.283 e. The Labute approximate surface area is 147 Å². The third kappa shape index (κ3) is 3.45. The summed E-state index contributed by atoms with van der Waals surface area (Å²) in [5.74, 6) is 0.144. The predicted molar refractivity (Wildman–Crippen MR) is 98.6 cm³/mol. The van der Waals surface area contributed by atoms with Gasteiger partial charge in [-0.25, -0.2) is 0 Å². The van der Waals surface area contributed by atoms with Crippen LogP contribution in [0.25, 0.3) is 6.08 Å². The number of benzene rings is 1. The minimum Gasteiger partial charge on any atom is -0.282 e. The highest BCUT2D eigenvalue weighted by Gasteiger charge is 2.35. The maximum absolute atomic E-state index is 12.3. The highest BCUT2D eigenvalue weighted by atomic mass is 79.9. The van der Waals surface area contributed by atoms with Gasteiger partial charge in [0.25, 0.3) is 5.91 Å². The second-order valence-electron chi connectivity index (χ2n) is 5.67. The van der Waals surface area contributed by atoms with Gasteiger partial charge < -0.3 is 0 Å². The van der Waals surface area contributed by atoms with Gasteiger partial charge in [0.1, 0.15) is 5.04 Å². The van der Waals surface area contributed by atoms with Crippen molar-refractivity contribution in [2.24, 2.45) is 16.0 Å². The molecule has 0 fully saturated rings. The van der Waals surface area contributed by atoms with E-state index in [9.17, 15) is 4.79 Å². The lowest BCUT2D eigenvalue weighted by molar-refractivity contribution is -0.114. The molecule has 0 unspecified atom stereocenters. The number of carbonyl (C=O) groups excluding carboxylic acids is 1. The number of amidine groups is 2. The van der Waals surface area contributed by atoms with Crippen LogP contribution in [0, 0.1) is 11.3 Å². The number of nitrogens with one attached hydrogen (secondary N) is 1. The van der Waals surface area contributed by atoms with Crippen LogP contribution in [0.3, 0.4) is 0 Å². The zero-order valence-corrected chi connectivity index (χ0v) is 15.1. The monoisotopic (exact) mass is 390 g/mol. The van der Waals surface area contributed by atoms with Crippen LogP contribution in [0.2, 0.25) is 0 Å². The van der Waals surface area contributed by atoms with Gasteiger partial charge in [-0.05, 0) is 41.5 Å². The normalized spacial score (nSPS) is 19.3. The van der Waals surface area contributed by atoms with Gasteiger partial charge >= 0.3 is 0 Å². The van der Waals surface area contributed by atoms with Crippen molar-refractivity contribution in [2.75, 3.05) is 0 Å². The Morgan fingerprint density at radius 1 is 1.43 bits per heavy atom. The van der Waals surface area contributed by atoms with E-state index in [4.69, 9.17) is 5.41 Å². The number of carbonyl (C=O) groups is 1. The van der Waals surface area contributed by atoms with Crippen molar-refractivity contribution in [3.05, 3.63) is 39.9 Å². The zero-order chi connectivity index (χ0) is 16.6. The molecule has 0 bridgehead atoms. The largest absolute Gasteiger partial charge is 0.283 e. The van der Waals surface area contributed by atoms with Gasteiger partial charge in [-0.2, -0.15) is 15.1 Å². The van der Waals surface area contributed by atoms with Crippen molar-refractivity contribution in [1.29, 1.82) is 5.41 Å². The minimum atomic E-state index is -0.394.